The van der Waals surface area contributed by atoms with Gasteiger partial charge in [-0.3, -0.25) is 4.68 Å². The van der Waals surface area contributed by atoms with Crippen LogP contribution in [0.1, 0.15) is 17.7 Å². The van der Waals surface area contributed by atoms with Gasteiger partial charge >= 0.3 is 0 Å². The lowest BCUT2D eigenvalue weighted by Crippen LogP contribution is -2.02. The summed E-state index contributed by atoms with van der Waals surface area (Å²) >= 11 is 5.91. The maximum Gasteiger partial charge on any atom is 0.151 e. The minimum absolute atomic E-state index is 0.465. The van der Waals surface area contributed by atoms with Crippen molar-refractivity contribution in [2.45, 2.75) is 19.4 Å². The second kappa shape index (κ2) is 7.80. The van der Waals surface area contributed by atoms with E-state index in [0.29, 0.717) is 11.7 Å². The molecule has 0 aliphatic rings. The van der Waals surface area contributed by atoms with Gasteiger partial charge in [0.1, 0.15) is 11.8 Å². The van der Waals surface area contributed by atoms with Crippen molar-refractivity contribution in [3.05, 3.63) is 78.4 Å². The molecule has 150 valence electrons. The Kier molecular flexibility index (Phi) is 4.85. The summed E-state index contributed by atoms with van der Waals surface area (Å²) in [5.41, 5.74) is 12.3. The van der Waals surface area contributed by atoms with Crippen LogP contribution in [-0.4, -0.2) is 30.3 Å². The Balaban J connectivity index is 1.57. The molecule has 5 aromatic rings. The molecule has 6 nitrogen and oxygen atoms in total. The molecule has 0 bridgehead atoms. The number of nitrogen functional groups attached to an aromatic ring is 1. The molecule has 2 N–H and O–H groups in total. The highest BCUT2D eigenvalue weighted by Crippen LogP contribution is 2.32. The van der Waals surface area contributed by atoms with E-state index in [1.807, 2.05) is 27.4 Å². The standard InChI is InChI=1S/C23H21ClN6/c24-10-4-7-19-12-20(22-23(25)26-15-27-30(19)22)17-8-9-18-14-29(28-21(18)11-17)13-16-5-2-1-3-6-16/h1-3,5-6,8-9,11-12,14-15H,4,7,10,13H2,(H2,25,26,27). The molecule has 7 heteroatoms. The molecule has 0 atom stereocenters. The quantitative estimate of drug-likeness (QED) is 0.412. The summed E-state index contributed by atoms with van der Waals surface area (Å²) in [5.74, 6) is 1.07. The van der Waals surface area contributed by atoms with Crippen molar-refractivity contribution in [1.29, 1.82) is 0 Å². The number of benzene rings is 2. The summed E-state index contributed by atoms with van der Waals surface area (Å²) in [7, 11) is 0. The van der Waals surface area contributed by atoms with E-state index in [1.165, 1.54) is 11.9 Å². The summed E-state index contributed by atoms with van der Waals surface area (Å²) in [5, 5.41) is 10.3. The largest absolute Gasteiger partial charge is 0.382 e. The number of nitrogens with zero attached hydrogens (tertiary/aromatic N) is 5. The van der Waals surface area contributed by atoms with Crippen LogP contribution < -0.4 is 5.73 Å². The second-order valence-electron chi connectivity index (χ2n) is 7.33. The molecule has 0 amide bonds. The first-order valence-corrected chi connectivity index (χ1v) is 10.4. The lowest BCUT2D eigenvalue weighted by molar-refractivity contribution is 0.696. The van der Waals surface area contributed by atoms with E-state index in [4.69, 9.17) is 22.4 Å². The minimum Gasteiger partial charge on any atom is -0.382 e. The average Bonchev–Trinajstić information content (AvgIpc) is 3.34. The van der Waals surface area contributed by atoms with Crippen molar-refractivity contribution in [2.24, 2.45) is 0 Å². The van der Waals surface area contributed by atoms with Gasteiger partial charge in [-0.2, -0.15) is 10.2 Å². The van der Waals surface area contributed by atoms with Crippen LogP contribution in [0.3, 0.4) is 0 Å². The van der Waals surface area contributed by atoms with Crippen LogP contribution in [0, 0.1) is 0 Å². The number of hydrogen-bond donors (Lipinski definition) is 1. The predicted molar refractivity (Wildman–Crippen MR) is 121 cm³/mol. The van der Waals surface area contributed by atoms with E-state index in [2.05, 4.69) is 52.7 Å². The normalized spacial score (nSPS) is 11.5. The smallest absolute Gasteiger partial charge is 0.151 e. The summed E-state index contributed by atoms with van der Waals surface area (Å²) in [6.45, 7) is 0.739. The molecule has 0 aliphatic carbocycles. The predicted octanol–water partition coefficient (Wildman–Crippen LogP) is 4.55. The van der Waals surface area contributed by atoms with E-state index in [9.17, 15) is 0 Å². The molecule has 0 saturated heterocycles. The number of nitrogens with two attached hydrogens (primary N) is 1. The highest BCUT2D eigenvalue weighted by Gasteiger charge is 2.16. The summed E-state index contributed by atoms with van der Waals surface area (Å²) in [6, 6.07) is 18.8. The van der Waals surface area contributed by atoms with E-state index in [1.54, 1.807) is 0 Å². The fraction of sp³-hybridized carbons (Fsp3) is 0.174. The van der Waals surface area contributed by atoms with Gasteiger partial charge in [-0.05, 0) is 36.1 Å². The van der Waals surface area contributed by atoms with Crippen LogP contribution in [0.25, 0.3) is 27.5 Å². The van der Waals surface area contributed by atoms with E-state index in [-0.39, 0.29) is 0 Å². The van der Waals surface area contributed by atoms with Crippen LogP contribution >= 0.6 is 11.6 Å². The molecule has 2 aromatic carbocycles. The van der Waals surface area contributed by atoms with Crippen LogP contribution in [0.15, 0.2) is 67.1 Å². The van der Waals surface area contributed by atoms with Gasteiger partial charge in [0.05, 0.1) is 12.1 Å². The molecule has 0 radical (unpaired) electrons. The Morgan fingerprint density at radius 2 is 1.90 bits per heavy atom. The Bertz CT molecular complexity index is 1320. The molecule has 30 heavy (non-hydrogen) atoms. The Labute approximate surface area is 178 Å². The minimum atomic E-state index is 0.465. The maximum absolute atomic E-state index is 6.22. The maximum atomic E-state index is 6.22. The highest BCUT2D eigenvalue weighted by molar-refractivity contribution is 6.17. The summed E-state index contributed by atoms with van der Waals surface area (Å²) in [6.07, 6.45) is 5.27. The Hall–Kier alpha value is -3.38. The topological polar surface area (TPSA) is 74.0 Å². The highest BCUT2D eigenvalue weighted by atomic mass is 35.5. The first-order chi connectivity index (χ1) is 14.7. The van der Waals surface area contributed by atoms with Crippen LogP contribution in [-0.2, 0) is 13.0 Å². The van der Waals surface area contributed by atoms with Gasteiger partial charge in [-0.15, -0.1) is 11.6 Å². The molecule has 0 unspecified atom stereocenters. The van der Waals surface area contributed by atoms with Gasteiger partial charge in [0.25, 0.3) is 0 Å². The van der Waals surface area contributed by atoms with Crippen molar-refractivity contribution >= 4 is 33.8 Å². The molecule has 0 aliphatic heterocycles. The van der Waals surface area contributed by atoms with Gasteiger partial charge in [-0.25, -0.2) is 9.50 Å². The van der Waals surface area contributed by atoms with Gasteiger partial charge in [0.15, 0.2) is 5.82 Å². The third-order valence-corrected chi connectivity index (χ3v) is 5.54. The zero-order chi connectivity index (χ0) is 20.5. The van der Waals surface area contributed by atoms with Crippen molar-refractivity contribution in [3.8, 4) is 11.1 Å². The number of alkyl halides is 1. The zero-order valence-electron chi connectivity index (χ0n) is 16.4. The van der Waals surface area contributed by atoms with Gasteiger partial charge < -0.3 is 5.73 Å². The van der Waals surface area contributed by atoms with E-state index >= 15 is 0 Å². The third kappa shape index (κ3) is 3.39. The number of rotatable bonds is 6. The number of fused-ring (bicyclic) bond motifs is 2. The number of hydrogen-bond acceptors (Lipinski definition) is 4. The first-order valence-electron chi connectivity index (χ1n) is 9.91. The Morgan fingerprint density at radius 3 is 2.73 bits per heavy atom. The number of aryl methyl sites for hydroxylation is 1. The average molecular weight is 417 g/mol. The van der Waals surface area contributed by atoms with Crippen LogP contribution in [0.2, 0.25) is 0 Å². The molecule has 0 spiro atoms. The first kappa shape index (κ1) is 18.6. The fourth-order valence-electron chi connectivity index (χ4n) is 3.87. The molecule has 3 aromatic heterocycles. The van der Waals surface area contributed by atoms with E-state index < -0.39 is 0 Å². The van der Waals surface area contributed by atoms with Crippen molar-refractivity contribution < 1.29 is 0 Å². The monoisotopic (exact) mass is 416 g/mol. The lowest BCUT2D eigenvalue weighted by Gasteiger charge is -2.03. The molecule has 3 heterocycles. The van der Waals surface area contributed by atoms with Crippen molar-refractivity contribution in [2.75, 3.05) is 11.6 Å². The van der Waals surface area contributed by atoms with Crippen molar-refractivity contribution in [3.63, 3.8) is 0 Å². The van der Waals surface area contributed by atoms with Crippen molar-refractivity contribution in [1.82, 2.24) is 24.4 Å². The van der Waals surface area contributed by atoms with E-state index in [0.717, 1.165) is 52.6 Å². The summed E-state index contributed by atoms with van der Waals surface area (Å²) < 4.78 is 3.85. The third-order valence-electron chi connectivity index (χ3n) is 5.28. The summed E-state index contributed by atoms with van der Waals surface area (Å²) in [4.78, 5) is 4.20. The molecule has 0 fully saturated rings. The number of aromatic nitrogens is 5. The number of anilines is 1. The molecular formula is C23H21ClN6. The SMILES string of the molecule is Nc1ncnn2c(CCCCl)cc(-c3ccc4cn(Cc5ccccc5)nc4c3)c12. The van der Waals surface area contributed by atoms with Gasteiger partial charge in [0.2, 0.25) is 0 Å². The van der Waals surface area contributed by atoms with Gasteiger partial charge in [-0.1, -0.05) is 42.5 Å². The molecule has 5 rings (SSSR count). The lowest BCUT2D eigenvalue weighted by atomic mass is 10.0. The second-order valence-corrected chi connectivity index (χ2v) is 7.71. The van der Waals surface area contributed by atoms with Gasteiger partial charge in [0, 0.05) is 28.7 Å². The number of halogens is 1. The Morgan fingerprint density at radius 1 is 1.03 bits per heavy atom. The molecule has 0 saturated carbocycles. The zero-order valence-corrected chi connectivity index (χ0v) is 17.1. The molecular weight excluding hydrogens is 396 g/mol. The fourth-order valence-corrected chi connectivity index (χ4v) is 4.00. The van der Waals surface area contributed by atoms with Crippen LogP contribution in [0.4, 0.5) is 5.82 Å². The van der Waals surface area contributed by atoms with Crippen LogP contribution in [0.5, 0.6) is 0 Å².